The number of carbonyl (C=O) groups is 1. The summed E-state index contributed by atoms with van der Waals surface area (Å²) < 4.78 is 5.29. The van der Waals surface area contributed by atoms with E-state index < -0.39 is 0 Å². The van der Waals surface area contributed by atoms with Crippen molar-refractivity contribution in [3.63, 3.8) is 0 Å². The van der Waals surface area contributed by atoms with Crippen molar-refractivity contribution in [3.05, 3.63) is 35.9 Å². The lowest BCUT2D eigenvalue weighted by atomic mass is 9.75. The maximum atomic E-state index is 11.2. The van der Waals surface area contributed by atoms with E-state index in [4.69, 9.17) is 4.74 Å². The van der Waals surface area contributed by atoms with Crippen LogP contribution in [0.4, 0.5) is 0 Å². The Bertz CT molecular complexity index is 299. The lowest BCUT2D eigenvalue weighted by molar-refractivity contribution is -0.115. The monoisotopic (exact) mass is 190 g/mol. The molecule has 0 amide bonds. The van der Waals surface area contributed by atoms with E-state index in [0.717, 1.165) is 24.7 Å². The molecule has 2 nitrogen and oxygen atoms in total. The van der Waals surface area contributed by atoms with Gasteiger partial charge >= 0.3 is 0 Å². The molecule has 0 radical (unpaired) electrons. The molecule has 0 spiro atoms. The zero-order valence-corrected chi connectivity index (χ0v) is 8.11. The van der Waals surface area contributed by atoms with Crippen LogP contribution in [0, 0.1) is 0 Å². The molecule has 0 aliphatic carbocycles. The SMILES string of the molecule is O=CC1(c2ccccc2)CCOCC1. The minimum absolute atomic E-state index is 0.292. The molecule has 14 heavy (non-hydrogen) atoms. The summed E-state index contributed by atoms with van der Waals surface area (Å²) in [4.78, 5) is 11.2. The second kappa shape index (κ2) is 3.93. The van der Waals surface area contributed by atoms with Crippen LogP contribution in [0.3, 0.4) is 0 Å². The number of benzene rings is 1. The first-order valence-electron chi connectivity index (χ1n) is 4.97. The van der Waals surface area contributed by atoms with E-state index in [2.05, 4.69) is 0 Å². The topological polar surface area (TPSA) is 26.3 Å². The third-order valence-corrected chi connectivity index (χ3v) is 2.96. The lowest BCUT2D eigenvalue weighted by Gasteiger charge is -2.32. The molecule has 2 heteroatoms. The molecule has 0 N–H and O–H groups in total. The van der Waals surface area contributed by atoms with E-state index in [1.165, 1.54) is 0 Å². The smallest absolute Gasteiger partial charge is 0.130 e. The van der Waals surface area contributed by atoms with E-state index >= 15 is 0 Å². The Morgan fingerprint density at radius 3 is 2.36 bits per heavy atom. The molecule has 1 aliphatic rings. The Labute approximate surface area is 83.9 Å². The van der Waals surface area contributed by atoms with Crippen LogP contribution >= 0.6 is 0 Å². The van der Waals surface area contributed by atoms with Crippen LogP contribution in [-0.2, 0) is 14.9 Å². The van der Waals surface area contributed by atoms with Crippen molar-refractivity contribution >= 4 is 6.29 Å². The highest BCUT2D eigenvalue weighted by molar-refractivity contribution is 5.68. The number of carbonyl (C=O) groups excluding carboxylic acids is 1. The predicted molar refractivity (Wildman–Crippen MR) is 54.2 cm³/mol. The molecule has 2 rings (SSSR count). The van der Waals surface area contributed by atoms with Crippen molar-refractivity contribution < 1.29 is 9.53 Å². The Morgan fingerprint density at radius 1 is 1.14 bits per heavy atom. The predicted octanol–water partition coefficient (Wildman–Crippen LogP) is 1.93. The number of ether oxygens (including phenoxy) is 1. The fourth-order valence-corrected chi connectivity index (χ4v) is 1.98. The molecule has 1 saturated heterocycles. The first-order valence-corrected chi connectivity index (χ1v) is 4.97. The molecule has 0 bridgehead atoms. The molecular weight excluding hydrogens is 176 g/mol. The highest BCUT2D eigenvalue weighted by atomic mass is 16.5. The van der Waals surface area contributed by atoms with E-state index in [1.54, 1.807) is 0 Å². The van der Waals surface area contributed by atoms with Crippen LogP contribution in [0.15, 0.2) is 30.3 Å². The number of rotatable bonds is 2. The maximum absolute atomic E-state index is 11.2. The Morgan fingerprint density at radius 2 is 1.79 bits per heavy atom. The molecule has 0 saturated carbocycles. The third-order valence-electron chi connectivity index (χ3n) is 2.96. The lowest BCUT2D eigenvalue weighted by Crippen LogP contribution is -2.35. The van der Waals surface area contributed by atoms with Gasteiger partial charge in [0.25, 0.3) is 0 Å². The number of hydrogen-bond donors (Lipinski definition) is 0. The van der Waals surface area contributed by atoms with Crippen LogP contribution < -0.4 is 0 Å². The molecule has 1 aromatic rings. The standard InChI is InChI=1S/C12H14O2/c13-10-12(6-8-14-9-7-12)11-4-2-1-3-5-11/h1-5,10H,6-9H2. The largest absolute Gasteiger partial charge is 0.381 e. The molecule has 0 aromatic heterocycles. The van der Waals surface area contributed by atoms with Gasteiger partial charge in [-0.1, -0.05) is 30.3 Å². The van der Waals surface area contributed by atoms with Gasteiger partial charge in [-0.2, -0.15) is 0 Å². The fraction of sp³-hybridized carbons (Fsp3) is 0.417. The summed E-state index contributed by atoms with van der Waals surface area (Å²) in [5.74, 6) is 0. The normalized spacial score (nSPS) is 20.3. The van der Waals surface area contributed by atoms with Gasteiger partial charge in [0.05, 0.1) is 5.41 Å². The van der Waals surface area contributed by atoms with Crippen LogP contribution in [0.2, 0.25) is 0 Å². The Kier molecular flexibility index (Phi) is 2.64. The molecule has 1 aliphatic heterocycles. The van der Waals surface area contributed by atoms with Crippen molar-refractivity contribution in [1.82, 2.24) is 0 Å². The summed E-state index contributed by atoms with van der Waals surface area (Å²) >= 11 is 0. The second-order valence-corrected chi connectivity index (χ2v) is 3.75. The van der Waals surface area contributed by atoms with Crippen molar-refractivity contribution in [2.24, 2.45) is 0 Å². The van der Waals surface area contributed by atoms with Gasteiger partial charge in [0.15, 0.2) is 0 Å². The Hall–Kier alpha value is -1.15. The summed E-state index contributed by atoms with van der Waals surface area (Å²) in [7, 11) is 0. The average Bonchev–Trinajstić information content (AvgIpc) is 2.31. The molecule has 0 unspecified atom stereocenters. The van der Waals surface area contributed by atoms with E-state index in [-0.39, 0.29) is 5.41 Å². The van der Waals surface area contributed by atoms with Gasteiger partial charge in [-0.25, -0.2) is 0 Å². The quantitative estimate of drug-likeness (QED) is 0.666. The van der Waals surface area contributed by atoms with Gasteiger partial charge in [0, 0.05) is 13.2 Å². The van der Waals surface area contributed by atoms with Gasteiger partial charge < -0.3 is 9.53 Å². The molecule has 1 heterocycles. The third kappa shape index (κ3) is 1.58. The zero-order chi connectivity index (χ0) is 9.86. The summed E-state index contributed by atoms with van der Waals surface area (Å²) in [5, 5.41) is 0. The highest BCUT2D eigenvalue weighted by Gasteiger charge is 2.33. The van der Waals surface area contributed by atoms with Crippen LogP contribution in [0.1, 0.15) is 18.4 Å². The summed E-state index contributed by atoms with van der Waals surface area (Å²) in [6.45, 7) is 1.38. The summed E-state index contributed by atoms with van der Waals surface area (Å²) in [5.41, 5.74) is 0.831. The van der Waals surface area contributed by atoms with Crippen molar-refractivity contribution in [2.45, 2.75) is 18.3 Å². The fourth-order valence-electron chi connectivity index (χ4n) is 1.98. The summed E-state index contributed by atoms with van der Waals surface area (Å²) in [6, 6.07) is 9.99. The van der Waals surface area contributed by atoms with Crippen molar-refractivity contribution in [2.75, 3.05) is 13.2 Å². The number of aldehydes is 1. The van der Waals surface area contributed by atoms with Crippen molar-refractivity contribution in [3.8, 4) is 0 Å². The average molecular weight is 190 g/mol. The molecular formula is C12H14O2. The number of hydrogen-bond acceptors (Lipinski definition) is 2. The summed E-state index contributed by atoms with van der Waals surface area (Å²) in [6.07, 6.45) is 2.70. The van der Waals surface area contributed by atoms with E-state index in [0.29, 0.717) is 13.2 Å². The molecule has 74 valence electrons. The van der Waals surface area contributed by atoms with Gasteiger partial charge in [-0.05, 0) is 18.4 Å². The van der Waals surface area contributed by atoms with Crippen molar-refractivity contribution in [1.29, 1.82) is 0 Å². The van der Waals surface area contributed by atoms with Gasteiger partial charge in [0.1, 0.15) is 6.29 Å². The zero-order valence-electron chi connectivity index (χ0n) is 8.11. The van der Waals surface area contributed by atoms with Crippen LogP contribution in [0.5, 0.6) is 0 Å². The molecule has 1 fully saturated rings. The Balaban J connectivity index is 2.32. The first kappa shape index (κ1) is 9.41. The van der Waals surface area contributed by atoms with Crippen LogP contribution in [-0.4, -0.2) is 19.5 Å². The van der Waals surface area contributed by atoms with E-state index in [9.17, 15) is 4.79 Å². The second-order valence-electron chi connectivity index (χ2n) is 3.75. The van der Waals surface area contributed by atoms with Crippen LogP contribution in [0.25, 0.3) is 0 Å². The molecule has 0 atom stereocenters. The molecule has 1 aromatic carbocycles. The maximum Gasteiger partial charge on any atom is 0.130 e. The first-order chi connectivity index (χ1) is 6.87. The minimum Gasteiger partial charge on any atom is -0.381 e. The van der Waals surface area contributed by atoms with Gasteiger partial charge in [-0.3, -0.25) is 0 Å². The van der Waals surface area contributed by atoms with E-state index in [1.807, 2.05) is 30.3 Å². The van der Waals surface area contributed by atoms with Gasteiger partial charge in [-0.15, -0.1) is 0 Å². The minimum atomic E-state index is -0.292. The highest BCUT2D eigenvalue weighted by Crippen LogP contribution is 2.32. The van der Waals surface area contributed by atoms with Gasteiger partial charge in [0.2, 0.25) is 0 Å².